The molecule has 1 saturated heterocycles. The molecule has 0 spiro atoms. The van der Waals surface area contributed by atoms with Crippen LogP contribution in [0.4, 0.5) is 11.4 Å². The van der Waals surface area contributed by atoms with Gasteiger partial charge in [0.2, 0.25) is 11.8 Å². The van der Waals surface area contributed by atoms with Crippen LogP contribution in [0.2, 0.25) is 0 Å². The highest BCUT2D eigenvalue weighted by Gasteiger charge is 2.35. The molecular formula is C21H22N2O4. The van der Waals surface area contributed by atoms with Crippen molar-refractivity contribution >= 4 is 23.2 Å². The molecule has 2 aromatic carbocycles. The summed E-state index contributed by atoms with van der Waals surface area (Å²) in [5.74, 6) is 0.734. The molecule has 0 saturated carbocycles. The fraction of sp³-hybridized carbons (Fsp3) is 0.333. The van der Waals surface area contributed by atoms with Gasteiger partial charge in [-0.15, -0.1) is 0 Å². The van der Waals surface area contributed by atoms with Crippen molar-refractivity contribution < 1.29 is 19.1 Å². The van der Waals surface area contributed by atoms with Crippen molar-refractivity contribution in [3.05, 3.63) is 47.5 Å². The van der Waals surface area contributed by atoms with Gasteiger partial charge < -0.3 is 19.7 Å². The highest BCUT2D eigenvalue weighted by molar-refractivity contribution is 6.04. The minimum atomic E-state index is -0.383. The van der Waals surface area contributed by atoms with Crippen LogP contribution in [0, 0.1) is 19.8 Å². The lowest BCUT2D eigenvalue weighted by molar-refractivity contribution is -0.122. The van der Waals surface area contributed by atoms with E-state index in [1.807, 2.05) is 32.0 Å². The average Bonchev–Trinajstić information content (AvgIpc) is 3.03. The minimum absolute atomic E-state index is 0.0238. The average molecular weight is 366 g/mol. The lowest BCUT2D eigenvalue weighted by Gasteiger charge is -2.20. The standard InChI is InChI=1S/C21H22N2O4/c1-13-3-5-17(14(2)9-13)23-12-15(10-20(23)24)21(25)22-16-4-6-18-19(11-16)27-8-7-26-18/h3-6,9,11,15H,7-8,10,12H2,1-2H3,(H,22,25). The van der Waals surface area contributed by atoms with Gasteiger partial charge in [0.25, 0.3) is 0 Å². The maximum absolute atomic E-state index is 12.7. The minimum Gasteiger partial charge on any atom is -0.486 e. The molecule has 1 atom stereocenters. The lowest BCUT2D eigenvalue weighted by Crippen LogP contribution is -2.28. The van der Waals surface area contributed by atoms with Crippen molar-refractivity contribution in [2.45, 2.75) is 20.3 Å². The van der Waals surface area contributed by atoms with Crippen molar-refractivity contribution in [2.75, 3.05) is 30.0 Å². The maximum Gasteiger partial charge on any atom is 0.229 e. The van der Waals surface area contributed by atoms with E-state index in [2.05, 4.69) is 5.32 Å². The van der Waals surface area contributed by atoms with Crippen molar-refractivity contribution in [1.29, 1.82) is 0 Å². The van der Waals surface area contributed by atoms with E-state index in [1.54, 1.807) is 23.1 Å². The van der Waals surface area contributed by atoms with Gasteiger partial charge in [-0.05, 0) is 37.6 Å². The summed E-state index contributed by atoms with van der Waals surface area (Å²) in [7, 11) is 0. The van der Waals surface area contributed by atoms with Gasteiger partial charge in [-0.3, -0.25) is 9.59 Å². The fourth-order valence-corrected chi connectivity index (χ4v) is 3.59. The molecule has 1 fully saturated rings. The topological polar surface area (TPSA) is 67.9 Å². The monoisotopic (exact) mass is 366 g/mol. The Balaban J connectivity index is 1.46. The van der Waals surface area contributed by atoms with Crippen molar-refractivity contribution in [1.82, 2.24) is 0 Å². The predicted molar refractivity (Wildman–Crippen MR) is 102 cm³/mol. The molecular weight excluding hydrogens is 344 g/mol. The quantitative estimate of drug-likeness (QED) is 0.907. The molecule has 1 N–H and O–H groups in total. The Morgan fingerprint density at radius 2 is 1.85 bits per heavy atom. The zero-order valence-electron chi connectivity index (χ0n) is 15.5. The molecule has 2 aliphatic heterocycles. The number of anilines is 2. The summed E-state index contributed by atoms with van der Waals surface area (Å²) in [6, 6.07) is 11.3. The Morgan fingerprint density at radius 3 is 2.63 bits per heavy atom. The third kappa shape index (κ3) is 3.47. The predicted octanol–water partition coefficient (Wildman–Crippen LogP) is 3.07. The molecule has 0 aliphatic carbocycles. The summed E-state index contributed by atoms with van der Waals surface area (Å²) in [5, 5.41) is 2.90. The maximum atomic E-state index is 12.7. The van der Waals surface area contributed by atoms with E-state index < -0.39 is 0 Å². The zero-order valence-corrected chi connectivity index (χ0v) is 15.5. The van der Waals surface area contributed by atoms with E-state index in [1.165, 1.54) is 0 Å². The number of hydrogen-bond donors (Lipinski definition) is 1. The molecule has 2 heterocycles. The van der Waals surface area contributed by atoms with Crippen LogP contribution >= 0.6 is 0 Å². The molecule has 6 nitrogen and oxygen atoms in total. The van der Waals surface area contributed by atoms with Crippen LogP contribution in [-0.4, -0.2) is 31.6 Å². The number of benzene rings is 2. The number of carbonyl (C=O) groups excluding carboxylic acids is 2. The summed E-state index contributed by atoms with van der Waals surface area (Å²) < 4.78 is 11.0. The molecule has 1 unspecified atom stereocenters. The van der Waals surface area contributed by atoms with Gasteiger partial charge in [-0.25, -0.2) is 0 Å². The third-order valence-corrected chi connectivity index (χ3v) is 4.95. The first-order valence-corrected chi connectivity index (χ1v) is 9.09. The van der Waals surface area contributed by atoms with Crippen LogP contribution in [0.1, 0.15) is 17.5 Å². The molecule has 27 heavy (non-hydrogen) atoms. The normalized spacial score (nSPS) is 18.5. The van der Waals surface area contributed by atoms with Crippen molar-refractivity contribution in [3.63, 3.8) is 0 Å². The molecule has 6 heteroatoms. The molecule has 4 rings (SSSR count). The summed E-state index contributed by atoms with van der Waals surface area (Å²) >= 11 is 0. The molecule has 0 aromatic heterocycles. The van der Waals surface area contributed by atoms with E-state index in [4.69, 9.17) is 9.47 Å². The van der Waals surface area contributed by atoms with E-state index in [9.17, 15) is 9.59 Å². The van der Waals surface area contributed by atoms with Crippen molar-refractivity contribution in [2.24, 2.45) is 5.92 Å². The second-order valence-electron chi connectivity index (χ2n) is 7.04. The van der Waals surface area contributed by atoms with Crippen LogP contribution in [-0.2, 0) is 9.59 Å². The number of nitrogens with zero attached hydrogens (tertiary/aromatic N) is 1. The fourth-order valence-electron chi connectivity index (χ4n) is 3.59. The number of fused-ring (bicyclic) bond motifs is 1. The van der Waals surface area contributed by atoms with E-state index in [0.717, 1.165) is 16.8 Å². The smallest absolute Gasteiger partial charge is 0.229 e. The first-order chi connectivity index (χ1) is 13.0. The Labute approximate surface area is 158 Å². The number of rotatable bonds is 3. The third-order valence-electron chi connectivity index (χ3n) is 4.95. The molecule has 0 bridgehead atoms. The zero-order chi connectivity index (χ0) is 19.0. The molecule has 2 aromatic rings. The Hall–Kier alpha value is -3.02. The highest BCUT2D eigenvalue weighted by atomic mass is 16.6. The number of ether oxygens (including phenoxy) is 2. The number of amides is 2. The van der Waals surface area contributed by atoms with E-state index in [0.29, 0.717) is 36.9 Å². The molecule has 2 amide bonds. The number of carbonyl (C=O) groups is 2. The number of aryl methyl sites for hydroxylation is 2. The molecule has 140 valence electrons. The van der Waals surface area contributed by atoms with Gasteiger partial charge >= 0.3 is 0 Å². The van der Waals surface area contributed by atoms with Gasteiger partial charge in [0.1, 0.15) is 13.2 Å². The Kier molecular flexibility index (Phi) is 4.48. The summed E-state index contributed by atoms with van der Waals surface area (Å²) in [5.41, 5.74) is 3.70. The van der Waals surface area contributed by atoms with Crippen molar-refractivity contribution in [3.8, 4) is 11.5 Å². The van der Waals surface area contributed by atoms with Crippen LogP contribution in [0.5, 0.6) is 11.5 Å². The van der Waals surface area contributed by atoms with E-state index in [-0.39, 0.29) is 24.2 Å². The summed E-state index contributed by atoms with van der Waals surface area (Å²) in [6.07, 6.45) is 0.212. The second-order valence-corrected chi connectivity index (χ2v) is 7.04. The van der Waals surface area contributed by atoms with E-state index >= 15 is 0 Å². The summed E-state index contributed by atoms with van der Waals surface area (Å²) in [6.45, 7) is 5.41. The van der Waals surface area contributed by atoms with Crippen LogP contribution in [0.15, 0.2) is 36.4 Å². The van der Waals surface area contributed by atoms with Gasteiger partial charge in [0, 0.05) is 30.4 Å². The first kappa shape index (κ1) is 17.4. The van der Waals surface area contributed by atoms with Gasteiger partial charge in [-0.1, -0.05) is 17.7 Å². The van der Waals surface area contributed by atoms with Crippen LogP contribution in [0.25, 0.3) is 0 Å². The van der Waals surface area contributed by atoms with Gasteiger partial charge in [-0.2, -0.15) is 0 Å². The largest absolute Gasteiger partial charge is 0.486 e. The molecule has 2 aliphatic rings. The summed E-state index contributed by atoms with van der Waals surface area (Å²) in [4.78, 5) is 26.9. The molecule has 0 radical (unpaired) electrons. The number of nitrogens with one attached hydrogen (secondary N) is 1. The second kappa shape index (κ2) is 6.95. The SMILES string of the molecule is Cc1ccc(N2CC(C(=O)Nc3ccc4c(c3)OCCO4)CC2=O)c(C)c1. The van der Waals surface area contributed by atoms with Gasteiger partial charge in [0.05, 0.1) is 5.92 Å². The lowest BCUT2D eigenvalue weighted by atomic mass is 10.1. The number of hydrogen-bond acceptors (Lipinski definition) is 4. The van der Waals surface area contributed by atoms with Crippen LogP contribution in [0.3, 0.4) is 0 Å². The Morgan fingerprint density at radius 1 is 1.07 bits per heavy atom. The highest BCUT2D eigenvalue weighted by Crippen LogP contribution is 2.33. The Bertz CT molecular complexity index is 909. The van der Waals surface area contributed by atoms with Crippen LogP contribution < -0.4 is 19.7 Å². The van der Waals surface area contributed by atoms with Gasteiger partial charge in [0.15, 0.2) is 11.5 Å². The first-order valence-electron chi connectivity index (χ1n) is 9.09.